The SMILES string of the molecule is O=C1[C@@H]2[C@H]3C=C[C@@H]([C@@H]4C[C@@H]34)[C@H]2C(=O)N1N=Cc1cc(I)c(OCc2cccc3ccccc23)c(I)c1. The van der Waals surface area contributed by atoms with E-state index < -0.39 is 0 Å². The van der Waals surface area contributed by atoms with Gasteiger partial charge in [-0.15, -0.1) is 0 Å². The van der Waals surface area contributed by atoms with E-state index in [0.29, 0.717) is 18.4 Å². The molecule has 0 aromatic heterocycles. The van der Waals surface area contributed by atoms with Crippen LogP contribution in [0.15, 0.2) is 71.9 Å². The Morgan fingerprint density at radius 1 is 0.917 bits per heavy atom. The predicted octanol–water partition coefficient (Wildman–Crippen LogP) is 6.02. The number of allylic oxidation sites excluding steroid dienone is 2. The van der Waals surface area contributed by atoms with Crippen LogP contribution in [-0.4, -0.2) is 23.0 Å². The highest BCUT2D eigenvalue weighted by Crippen LogP contribution is 2.65. The van der Waals surface area contributed by atoms with Gasteiger partial charge < -0.3 is 4.74 Å². The van der Waals surface area contributed by atoms with Crippen LogP contribution in [0.4, 0.5) is 0 Å². The summed E-state index contributed by atoms with van der Waals surface area (Å²) < 4.78 is 8.16. The van der Waals surface area contributed by atoms with Crippen molar-refractivity contribution in [1.29, 1.82) is 0 Å². The normalized spacial score (nSPS) is 29.8. The Morgan fingerprint density at radius 3 is 2.25 bits per heavy atom. The Morgan fingerprint density at radius 2 is 1.56 bits per heavy atom. The minimum absolute atomic E-state index is 0.134. The highest BCUT2D eigenvalue weighted by atomic mass is 127. The number of hydrazone groups is 1. The molecule has 7 heteroatoms. The zero-order chi connectivity index (χ0) is 24.6. The molecular weight excluding hydrogens is 678 g/mol. The number of amides is 2. The molecular formula is C29H22I2N2O3. The lowest BCUT2D eigenvalue weighted by Gasteiger charge is -2.37. The van der Waals surface area contributed by atoms with Crippen LogP contribution in [-0.2, 0) is 16.2 Å². The van der Waals surface area contributed by atoms with Crippen molar-refractivity contribution >= 4 is 74.0 Å². The first-order chi connectivity index (χ1) is 17.5. The van der Waals surface area contributed by atoms with Crippen LogP contribution in [0.1, 0.15) is 17.5 Å². The minimum Gasteiger partial charge on any atom is -0.487 e. The smallest absolute Gasteiger partial charge is 0.254 e. The van der Waals surface area contributed by atoms with Gasteiger partial charge in [0.2, 0.25) is 0 Å². The summed E-state index contributed by atoms with van der Waals surface area (Å²) in [5.41, 5.74) is 1.97. The molecule has 36 heavy (non-hydrogen) atoms. The van der Waals surface area contributed by atoms with Gasteiger partial charge in [-0.05, 0) is 109 Å². The molecule has 0 radical (unpaired) electrons. The van der Waals surface area contributed by atoms with Crippen LogP contribution in [0, 0.1) is 42.6 Å². The molecule has 1 aliphatic heterocycles. The van der Waals surface area contributed by atoms with E-state index in [1.165, 1.54) is 10.8 Å². The van der Waals surface area contributed by atoms with Crippen molar-refractivity contribution in [3.63, 3.8) is 0 Å². The molecule has 5 aliphatic rings. The Labute approximate surface area is 236 Å². The average Bonchev–Trinajstić information content (AvgIpc) is 3.66. The Balaban J connectivity index is 1.09. The van der Waals surface area contributed by atoms with E-state index in [0.717, 1.165) is 35.4 Å². The number of benzene rings is 3. The number of nitrogens with zero attached hydrogens (tertiary/aromatic N) is 2. The zero-order valence-corrected chi connectivity index (χ0v) is 23.5. The van der Waals surface area contributed by atoms with Crippen molar-refractivity contribution in [3.8, 4) is 5.75 Å². The topological polar surface area (TPSA) is 59.0 Å². The molecule has 1 saturated heterocycles. The van der Waals surface area contributed by atoms with Crippen molar-refractivity contribution in [2.24, 2.45) is 40.6 Å². The molecule has 1 heterocycles. The number of hydrogen-bond acceptors (Lipinski definition) is 4. The van der Waals surface area contributed by atoms with Crippen molar-refractivity contribution in [3.05, 3.63) is 85.0 Å². The molecule has 4 aliphatic carbocycles. The molecule has 2 bridgehead atoms. The van der Waals surface area contributed by atoms with Gasteiger partial charge in [0, 0.05) is 0 Å². The molecule has 0 spiro atoms. The molecule has 2 amide bonds. The highest BCUT2D eigenvalue weighted by molar-refractivity contribution is 14.1. The zero-order valence-electron chi connectivity index (χ0n) is 19.2. The number of ether oxygens (including phenoxy) is 1. The highest BCUT2D eigenvalue weighted by Gasteiger charge is 2.67. The van der Waals surface area contributed by atoms with Crippen molar-refractivity contribution in [2.75, 3.05) is 0 Å². The molecule has 3 aromatic rings. The Hall–Kier alpha value is -2.27. The molecule has 3 fully saturated rings. The van der Waals surface area contributed by atoms with Crippen molar-refractivity contribution < 1.29 is 14.3 Å². The third-order valence-corrected chi connectivity index (χ3v) is 9.84. The lowest BCUT2D eigenvalue weighted by Crippen LogP contribution is -2.40. The van der Waals surface area contributed by atoms with Crippen LogP contribution < -0.4 is 4.74 Å². The second-order valence-corrected chi connectivity index (χ2v) is 12.5. The molecule has 0 N–H and O–H groups in total. The van der Waals surface area contributed by atoms with Gasteiger partial charge >= 0.3 is 0 Å². The van der Waals surface area contributed by atoms with E-state index >= 15 is 0 Å². The second kappa shape index (κ2) is 8.65. The fourth-order valence-corrected chi connectivity index (χ4v) is 8.67. The second-order valence-electron chi connectivity index (χ2n) is 10.1. The lowest BCUT2D eigenvalue weighted by atomic mass is 9.63. The summed E-state index contributed by atoms with van der Waals surface area (Å²) in [6.07, 6.45) is 7.15. The monoisotopic (exact) mass is 700 g/mol. The maximum Gasteiger partial charge on any atom is 0.254 e. The summed E-state index contributed by atoms with van der Waals surface area (Å²) in [6, 6.07) is 18.5. The predicted molar refractivity (Wildman–Crippen MR) is 154 cm³/mol. The first-order valence-electron chi connectivity index (χ1n) is 12.2. The van der Waals surface area contributed by atoms with Gasteiger partial charge in [0.25, 0.3) is 11.8 Å². The van der Waals surface area contributed by atoms with Crippen molar-refractivity contribution in [2.45, 2.75) is 13.0 Å². The van der Waals surface area contributed by atoms with E-state index in [4.69, 9.17) is 4.74 Å². The lowest BCUT2D eigenvalue weighted by molar-refractivity contribution is -0.140. The summed E-state index contributed by atoms with van der Waals surface area (Å²) in [6.45, 7) is 0.471. The standard InChI is InChI=1S/C29H22I2N2O3/c30-23-10-15(11-24(31)27(23)36-14-17-6-3-5-16-4-1-2-7-18(16)17)13-32-33-28(34)25-19-8-9-20(22-12-21(19)22)26(25)29(33)35/h1-11,13,19-22,25-26H,12,14H2/t19-,20-,21-,22-,25+,26+/m0/s1. The summed E-state index contributed by atoms with van der Waals surface area (Å²) in [7, 11) is 0. The molecule has 3 aromatic carbocycles. The first-order valence-corrected chi connectivity index (χ1v) is 14.4. The summed E-state index contributed by atoms with van der Waals surface area (Å²) >= 11 is 4.54. The summed E-state index contributed by atoms with van der Waals surface area (Å²) in [5.74, 6) is 1.71. The Bertz CT molecular complexity index is 1430. The fraction of sp³-hybridized carbons (Fsp3) is 0.276. The van der Waals surface area contributed by atoms with E-state index in [1.807, 2.05) is 24.3 Å². The van der Waals surface area contributed by atoms with Gasteiger partial charge in [0.15, 0.2) is 0 Å². The number of fused-ring (bicyclic) bond motifs is 1. The maximum atomic E-state index is 13.2. The average molecular weight is 700 g/mol. The van der Waals surface area contributed by atoms with Crippen LogP contribution in [0.25, 0.3) is 10.8 Å². The third-order valence-electron chi connectivity index (χ3n) is 8.23. The van der Waals surface area contributed by atoms with E-state index in [-0.39, 0.29) is 35.5 Å². The fourth-order valence-electron chi connectivity index (χ4n) is 6.54. The van der Waals surface area contributed by atoms with Crippen molar-refractivity contribution in [1.82, 2.24) is 5.01 Å². The molecule has 6 atom stereocenters. The van der Waals surface area contributed by atoms with Gasteiger partial charge in [-0.1, -0.05) is 54.6 Å². The van der Waals surface area contributed by atoms with Gasteiger partial charge in [0.05, 0.1) is 25.2 Å². The van der Waals surface area contributed by atoms with Gasteiger partial charge in [-0.3, -0.25) is 9.59 Å². The number of hydrogen-bond donors (Lipinski definition) is 0. The number of rotatable bonds is 5. The quantitative estimate of drug-likeness (QED) is 0.142. The summed E-state index contributed by atoms with van der Waals surface area (Å²) in [4.78, 5) is 26.3. The maximum absolute atomic E-state index is 13.2. The third kappa shape index (κ3) is 3.56. The minimum atomic E-state index is -0.224. The Kier molecular flexibility index (Phi) is 5.50. The number of carbonyl (C=O) groups is 2. The number of carbonyl (C=O) groups excluding carboxylic acids is 2. The molecule has 8 rings (SSSR count). The van der Waals surface area contributed by atoms with Gasteiger partial charge in [0.1, 0.15) is 12.4 Å². The largest absolute Gasteiger partial charge is 0.487 e. The molecule has 180 valence electrons. The van der Waals surface area contributed by atoms with Crippen LogP contribution in [0.2, 0.25) is 0 Å². The first kappa shape index (κ1) is 22.9. The number of imide groups is 1. The van der Waals surface area contributed by atoms with Crippen LogP contribution >= 0.6 is 45.2 Å². The van der Waals surface area contributed by atoms with Gasteiger partial charge in [-0.2, -0.15) is 10.1 Å². The summed E-state index contributed by atoms with van der Waals surface area (Å²) in [5, 5.41) is 7.91. The van der Waals surface area contributed by atoms with Crippen LogP contribution in [0.5, 0.6) is 5.75 Å². The van der Waals surface area contributed by atoms with E-state index in [1.54, 1.807) is 6.21 Å². The van der Waals surface area contributed by atoms with Crippen LogP contribution in [0.3, 0.4) is 0 Å². The molecule has 0 unspecified atom stereocenters. The van der Waals surface area contributed by atoms with E-state index in [9.17, 15) is 9.59 Å². The van der Waals surface area contributed by atoms with E-state index in [2.05, 4.69) is 92.8 Å². The molecule has 5 nitrogen and oxygen atoms in total. The van der Waals surface area contributed by atoms with Gasteiger partial charge in [-0.25, -0.2) is 0 Å². The molecule has 2 saturated carbocycles. The number of halogens is 2.